The van der Waals surface area contributed by atoms with E-state index < -0.39 is 11.8 Å². The summed E-state index contributed by atoms with van der Waals surface area (Å²) in [6.45, 7) is 3.93. The van der Waals surface area contributed by atoms with E-state index in [0.29, 0.717) is 28.3 Å². The first kappa shape index (κ1) is 22.6. The Morgan fingerprint density at radius 1 is 0.882 bits per heavy atom. The second-order valence-electron chi connectivity index (χ2n) is 7.80. The van der Waals surface area contributed by atoms with Gasteiger partial charge in [0.2, 0.25) is 0 Å². The topological polar surface area (TPSA) is 91.7 Å². The molecule has 34 heavy (non-hydrogen) atoms. The number of carbonyl (C=O) groups excluding carboxylic acids is 2. The Bertz CT molecular complexity index is 1370. The Morgan fingerprint density at radius 3 is 2.24 bits per heavy atom. The summed E-state index contributed by atoms with van der Waals surface area (Å²) in [6.07, 6.45) is 0. The van der Waals surface area contributed by atoms with Crippen molar-refractivity contribution >= 4 is 28.8 Å². The fourth-order valence-corrected chi connectivity index (χ4v) is 3.85. The van der Waals surface area contributed by atoms with Crippen LogP contribution in [0.15, 0.2) is 66.4 Å². The first-order valence-electron chi connectivity index (χ1n) is 10.6. The van der Waals surface area contributed by atoms with Crippen LogP contribution in [0.4, 0.5) is 11.4 Å². The number of nitrogens with one attached hydrogen (secondary N) is 1. The first-order valence-corrected chi connectivity index (χ1v) is 10.6. The molecule has 0 fully saturated rings. The fraction of sp³-hybridized carbons (Fsp3) is 0.148. The van der Waals surface area contributed by atoms with Crippen molar-refractivity contribution in [3.8, 4) is 17.6 Å². The number of carbonyl (C=O) groups is 2. The molecule has 4 rings (SSSR count). The minimum atomic E-state index is -0.486. The van der Waals surface area contributed by atoms with Gasteiger partial charge in [0.1, 0.15) is 5.70 Å². The van der Waals surface area contributed by atoms with Crippen LogP contribution in [0.2, 0.25) is 0 Å². The summed E-state index contributed by atoms with van der Waals surface area (Å²) in [7, 11) is 3.04. The number of anilines is 2. The zero-order chi connectivity index (χ0) is 24.4. The zero-order valence-electron chi connectivity index (χ0n) is 19.3. The molecule has 0 atom stereocenters. The average Bonchev–Trinajstić information content (AvgIpc) is 3.10. The minimum Gasteiger partial charge on any atom is -0.493 e. The van der Waals surface area contributed by atoms with Gasteiger partial charge in [0, 0.05) is 5.69 Å². The first-order chi connectivity index (χ1) is 16.4. The number of amides is 2. The number of aryl methyl sites for hydroxylation is 1. The molecule has 0 saturated carbocycles. The summed E-state index contributed by atoms with van der Waals surface area (Å²) in [4.78, 5) is 28.4. The molecule has 1 aliphatic heterocycles. The molecule has 2 amide bonds. The summed E-state index contributed by atoms with van der Waals surface area (Å²) in [5, 5.41) is 12.3. The summed E-state index contributed by atoms with van der Waals surface area (Å²) in [5.74, 6) is -0.0117. The van der Waals surface area contributed by atoms with Crippen LogP contribution in [0.3, 0.4) is 0 Å². The Morgan fingerprint density at radius 2 is 1.59 bits per heavy atom. The SMILES string of the molecule is COc1ccc(C2=C(Nc3cccc(C)c3C)C(=O)N(c3ccc(C#N)cc3)C2=O)cc1OC. The van der Waals surface area contributed by atoms with Gasteiger partial charge in [0.05, 0.1) is 37.1 Å². The van der Waals surface area contributed by atoms with E-state index in [4.69, 9.17) is 14.7 Å². The van der Waals surface area contributed by atoms with Crippen molar-refractivity contribution in [3.63, 3.8) is 0 Å². The lowest BCUT2D eigenvalue weighted by Crippen LogP contribution is -2.32. The number of nitriles is 1. The fourth-order valence-electron chi connectivity index (χ4n) is 3.85. The Hall–Kier alpha value is -4.57. The predicted molar refractivity (Wildman–Crippen MR) is 130 cm³/mol. The van der Waals surface area contributed by atoms with E-state index in [2.05, 4.69) is 5.32 Å². The molecular formula is C27H23N3O4. The third-order valence-electron chi connectivity index (χ3n) is 5.88. The number of ether oxygens (including phenoxy) is 2. The molecular weight excluding hydrogens is 430 g/mol. The Kier molecular flexibility index (Phi) is 6.07. The van der Waals surface area contributed by atoms with Gasteiger partial charge in [-0.05, 0) is 73.0 Å². The van der Waals surface area contributed by atoms with Crippen LogP contribution in [-0.2, 0) is 9.59 Å². The lowest BCUT2D eigenvalue weighted by Gasteiger charge is -2.16. The number of imide groups is 1. The standard InChI is InChI=1S/C27H23N3O4/c1-16-6-5-7-21(17(16)2)29-25-24(19-10-13-22(33-3)23(14-19)34-4)26(31)30(27(25)32)20-11-8-18(15-28)9-12-20/h5-14,29H,1-4H3. The highest BCUT2D eigenvalue weighted by Crippen LogP contribution is 2.37. The number of hydrogen-bond donors (Lipinski definition) is 1. The molecule has 1 N–H and O–H groups in total. The predicted octanol–water partition coefficient (Wildman–Crippen LogP) is 4.59. The van der Waals surface area contributed by atoms with E-state index in [1.807, 2.05) is 38.1 Å². The van der Waals surface area contributed by atoms with E-state index in [9.17, 15) is 9.59 Å². The molecule has 0 spiro atoms. The molecule has 1 aliphatic rings. The smallest absolute Gasteiger partial charge is 0.282 e. The van der Waals surface area contributed by atoms with Crippen molar-refractivity contribution in [1.29, 1.82) is 5.26 Å². The van der Waals surface area contributed by atoms with Crippen molar-refractivity contribution in [2.75, 3.05) is 24.4 Å². The van der Waals surface area contributed by atoms with Crippen LogP contribution in [-0.4, -0.2) is 26.0 Å². The van der Waals surface area contributed by atoms with Crippen LogP contribution >= 0.6 is 0 Å². The van der Waals surface area contributed by atoms with Gasteiger partial charge in [0.15, 0.2) is 11.5 Å². The van der Waals surface area contributed by atoms with Crippen LogP contribution in [0.25, 0.3) is 5.57 Å². The van der Waals surface area contributed by atoms with Gasteiger partial charge < -0.3 is 14.8 Å². The molecule has 7 heteroatoms. The second-order valence-corrected chi connectivity index (χ2v) is 7.80. The van der Waals surface area contributed by atoms with E-state index in [1.54, 1.807) is 42.5 Å². The maximum atomic E-state index is 13.6. The Labute approximate surface area is 197 Å². The molecule has 3 aromatic carbocycles. The highest BCUT2D eigenvalue weighted by atomic mass is 16.5. The highest BCUT2D eigenvalue weighted by molar-refractivity contribution is 6.46. The Balaban J connectivity index is 1.87. The maximum Gasteiger partial charge on any atom is 0.282 e. The third-order valence-corrected chi connectivity index (χ3v) is 5.88. The molecule has 1 heterocycles. The van der Waals surface area contributed by atoms with Gasteiger partial charge in [-0.3, -0.25) is 9.59 Å². The summed E-state index contributed by atoms with van der Waals surface area (Å²) in [5.41, 5.74) is 4.47. The van der Waals surface area contributed by atoms with Gasteiger partial charge in [-0.15, -0.1) is 0 Å². The van der Waals surface area contributed by atoms with E-state index >= 15 is 0 Å². The number of hydrogen-bond acceptors (Lipinski definition) is 6. The second kappa shape index (κ2) is 9.12. The van der Waals surface area contributed by atoms with E-state index in [-0.39, 0.29) is 11.3 Å². The van der Waals surface area contributed by atoms with Gasteiger partial charge in [0.25, 0.3) is 11.8 Å². The minimum absolute atomic E-state index is 0.162. The molecule has 0 aliphatic carbocycles. The number of methoxy groups -OCH3 is 2. The average molecular weight is 453 g/mol. The number of rotatable bonds is 6. The van der Waals surface area contributed by atoms with Crippen LogP contribution in [0, 0.1) is 25.2 Å². The molecule has 3 aromatic rings. The molecule has 0 bridgehead atoms. The van der Waals surface area contributed by atoms with Gasteiger partial charge in [-0.2, -0.15) is 5.26 Å². The molecule has 0 saturated heterocycles. The monoisotopic (exact) mass is 453 g/mol. The summed E-state index contributed by atoms with van der Waals surface area (Å²) >= 11 is 0. The third kappa shape index (κ3) is 3.86. The van der Waals surface area contributed by atoms with Gasteiger partial charge >= 0.3 is 0 Å². The molecule has 7 nitrogen and oxygen atoms in total. The van der Waals surface area contributed by atoms with Crippen LogP contribution in [0.5, 0.6) is 11.5 Å². The lowest BCUT2D eigenvalue weighted by molar-refractivity contribution is -0.120. The van der Waals surface area contributed by atoms with Crippen molar-refractivity contribution in [3.05, 3.63) is 88.6 Å². The maximum absolute atomic E-state index is 13.6. The van der Waals surface area contributed by atoms with Crippen molar-refractivity contribution in [2.24, 2.45) is 0 Å². The lowest BCUT2D eigenvalue weighted by atomic mass is 10.0. The van der Waals surface area contributed by atoms with Crippen molar-refractivity contribution in [2.45, 2.75) is 13.8 Å². The molecule has 170 valence electrons. The van der Waals surface area contributed by atoms with Crippen molar-refractivity contribution < 1.29 is 19.1 Å². The van der Waals surface area contributed by atoms with Crippen molar-refractivity contribution in [1.82, 2.24) is 0 Å². The summed E-state index contributed by atoms with van der Waals surface area (Å²) in [6, 6.07) is 19.2. The van der Waals surface area contributed by atoms with Crippen LogP contribution in [0.1, 0.15) is 22.3 Å². The normalized spacial score (nSPS) is 13.2. The zero-order valence-corrected chi connectivity index (χ0v) is 19.3. The summed E-state index contributed by atoms with van der Waals surface area (Å²) < 4.78 is 10.7. The number of benzene rings is 3. The van der Waals surface area contributed by atoms with E-state index in [1.165, 1.54) is 14.2 Å². The van der Waals surface area contributed by atoms with E-state index in [0.717, 1.165) is 21.7 Å². The number of nitrogens with zero attached hydrogens (tertiary/aromatic N) is 2. The van der Waals surface area contributed by atoms with Gasteiger partial charge in [-0.25, -0.2) is 4.90 Å². The molecule has 0 aromatic heterocycles. The molecule has 0 unspecified atom stereocenters. The molecule has 0 radical (unpaired) electrons. The largest absolute Gasteiger partial charge is 0.493 e. The van der Waals surface area contributed by atoms with Crippen LogP contribution < -0.4 is 19.7 Å². The quantitative estimate of drug-likeness (QED) is 0.549. The van der Waals surface area contributed by atoms with Gasteiger partial charge in [-0.1, -0.05) is 18.2 Å². The highest BCUT2D eigenvalue weighted by Gasteiger charge is 2.40.